The highest BCUT2D eigenvalue weighted by molar-refractivity contribution is 14.1. The third-order valence-electron chi connectivity index (χ3n) is 3.47. The normalized spacial score (nSPS) is 12.8. The first-order chi connectivity index (χ1) is 9.67. The van der Waals surface area contributed by atoms with Gasteiger partial charge < -0.3 is 9.73 Å². The molecule has 0 spiro atoms. The lowest BCUT2D eigenvalue weighted by Crippen LogP contribution is -2.16. The van der Waals surface area contributed by atoms with Gasteiger partial charge in [0.2, 0.25) is 0 Å². The third kappa shape index (κ3) is 2.60. The molecule has 0 aliphatic heterocycles. The maximum atomic E-state index is 6.00. The lowest BCUT2D eigenvalue weighted by molar-refractivity contribution is 0.491. The number of hydrogen-bond acceptors (Lipinski definition) is 2. The summed E-state index contributed by atoms with van der Waals surface area (Å²) < 4.78 is 7.23. The van der Waals surface area contributed by atoms with Gasteiger partial charge in [-0.1, -0.05) is 23.8 Å². The van der Waals surface area contributed by atoms with Gasteiger partial charge in [0.1, 0.15) is 11.3 Å². The molecule has 0 aliphatic rings. The molecule has 1 unspecified atom stereocenters. The van der Waals surface area contributed by atoms with Crippen molar-refractivity contribution in [1.29, 1.82) is 0 Å². The predicted molar refractivity (Wildman–Crippen MR) is 91.0 cm³/mol. The summed E-state index contributed by atoms with van der Waals surface area (Å²) in [7, 11) is 1.96. The molecule has 0 saturated carbocycles. The van der Waals surface area contributed by atoms with Crippen molar-refractivity contribution in [2.24, 2.45) is 0 Å². The van der Waals surface area contributed by atoms with Crippen LogP contribution in [-0.4, -0.2) is 7.05 Å². The third-order valence-corrected chi connectivity index (χ3v) is 4.19. The number of fused-ring (bicyclic) bond motifs is 1. The van der Waals surface area contributed by atoms with Gasteiger partial charge in [0, 0.05) is 8.96 Å². The van der Waals surface area contributed by atoms with Crippen molar-refractivity contribution in [2.75, 3.05) is 7.05 Å². The Bertz CT molecular complexity index is 730. The summed E-state index contributed by atoms with van der Waals surface area (Å²) in [5.41, 5.74) is 3.40. The summed E-state index contributed by atoms with van der Waals surface area (Å²) >= 11 is 2.32. The lowest BCUT2D eigenvalue weighted by atomic mass is 10.0. The van der Waals surface area contributed by atoms with Crippen LogP contribution in [0.4, 0.5) is 0 Å². The van der Waals surface area contributed by atoms with Crippen LogP contribution in [0, 0.1) is 10.5 Å². The van der Waals surface area contributed by atoms with Gasteiger partial charge in [-0.05, 0) is 72.5 Å². The van der Waals surface area contributed by atoms with Gasteiger partial charge in [0.25, 0.3) is 0 Å². The van der Waals surface area contributed by atoms with E-state index in [1.165, 1.54) is 14.7 Å². The molecule has 1 N–H and O–H groups in total. The Morgan fingerprint density at radius 1 is 1.05 bits per heavy atom. The van der Waals surface area contributed by atoms with Crippen molar-refractivity contribution in [3.63, 3.8) is 0 Å². The first-order valence-corrected chi connectivity index (χ1v) is 7.68. The van der Waals surface area contributed by atoms with E-state index >= 15 is 0 Å². The SMILES string of the molecule is CNC(c1ccc(I)cc1)c1cc2cc(C)ccc2o1. The zero-order valence-corrected chi connectivity index (χ0v) is 13.6. The molecule has 0 aliphatic carbocycles. The molecule has 0 bridgehead atoms. The molecule has 0 fully saturated rings. The summed E-state index contributed by atoms with van der Waals surface area (Å²) in [6.07, 6.45) is 0. The van der Waals surface area contributed by atoms with Gasteiger partial charge in [-0.15, -0.1) is 0 Å². The highest BCUT2D eigenvalue weighted by atomic mass is 127. The minimum Gasteiger partial charge on any atom is -0.459 e. The van der Waals surface area contributed by atoms with E-state index in [1.54, 1.807) is 0 Å². The van der Waals surface area contributed by atoms with Gasteiger partial charge in [0.15, 0.2) is 0 Å². The van der Waals surface area contributed by atoms with Gasteiger partial charge in [-0.2, -0.15) is 0 Å². The van der Waals surface area contributed by atoms with E-state index in [1.807, 2.05) is 13.1 Å². The highest BCUT2D eigenvalue weighted by Crippen LogP contribution is 2.28. The van der Waals surface area contributed by atoms with Crippen molar-refractivity contribution < 1.29 is 4.42 Å². The summed E-state index contributed by atoms with van der Waals surface area (Å²) in [5.74, 6) is 0.953. The molecule has 0 radical (unpaired) electrons. The molecule has 0 amide bonds. The smallest absolute Gasteiger partial charge is 0.134 e. The topological polar surface area (TPSA) is 25.2 Å². The van der Waals surface area contributed by atoms with E-state index in [9.17, 15) is 0 Å². The molecule has 102 valence electrons. The first kappa shape index (κ1) is 13.6. The van der Waals surface area contributed by atoms with Crippen LogP contribution < -0.4 is 5.32 Å². The van der Waals surface area contributed by atoms with Crippen molar-refractivity contribution >= 4 is 33.6 Å². The largest absolute Gasteiger partial charge is 0.459 e. The fraction of sp³-hybridized carbons (Fsp3) is 0.176. The molecule has 0 saturated heterocycles. The van der Waals surface area contributed by atoms with E-state index in [-0.39, 0.29) is 6.04 Å². The Balaban J connectivity index is 2.04. The fourth-order valence-electron chi connectivity index (χ4n) is 2.45. The van der Waals surface area contributed by atoms with E-state index in [4.69, 9.17) is 4.42 Å². The number of nitrogens with one attached hydrogen (secondary N) is 1. The molecule has 1 aromatic heterocycles. The van der Waals surface area contributed by atoms with E-state index < -0.39 is 0 Å². The van der Waals surface area contributed by atoms with Crippen LogP contribution >= 0.6 is 22.6 Å². The summed E-state index contributed by atoms with van der Waals surface area (Å²) in [5, 5.41) is 4.49. The van der Waals surface area contributed by atoms with Gasteiger partial charge in [0.05, 0.1) is 6.04 Å². The average molecular weight is 377 g/mol. The quantitative estimate of drug-likeness (QED) is 0.672. The molecule has 20 heavy (non-hydrogen) atoms. The van der Waals surface area contributed by atoms with Crippen molar-refractivity contribution in [3.05, 3.63) is 69.0 Å². The number of aryl methyl sites for hydroxylation is 1. The van der Waals surface area contributed by atoms with Crippen molar-refractivity contribution in [2.45, 2.75) is 13.0 Å². The maximum Gasteiger partial charge on any atom is 0.134 e. The minimum atomic E-state index is 0.0831. The number of hydrogen-bond donors (Lipinski definition) is 1. The number of furan rings is 1. The molecule has 2 nitrogen and oxygen atoms in total. The Hall–Kier alpha value is -1.33. The Morgan fingerprint density at radius 2 is 1.80 bits per heavy atom. The molecule has 2 aromatic carbocycles. The second-order valence-corrected chi connectivity index (χ2v) is 6.21. The zero-order valence-electron chi connectivity index (χ0n) is 11.5. The van der Waals surface area contributed by atoms with Crippen LogP contribution in [0.15, 0.2) is 52.9 Å². The van der Waals surface area contributed by atoms with Crippen LogP contribution in [0.2, 0.25) is 0 Å². The number of benzene rings is 2. The fourth-order valence-corrected chi connectivity index (χ4v) is 2.81. The van der Waals surface area contributed by atoms with E-state index in [2.05, 4.69) is 77.3 Å². The second kappa shape index (κ2) is 5.58. The van der Waals surface area contributed by atoms with Crippen LogP contribution in [0.3, 0.4) is 0 Å². The van der Waals surface area contributed by atoms with Crippen molar-refractivity contribution in [3.8, 4) is 0 Å². The standard InChI is InChI=1S/C17H16INO/c1-11-3-8-15-13(9-11)10-16(20-15)17(19-2)12-4-6-14(18)7-5-12/h3-10,17,19H,1-2H3. The molecule has 1 atom stereocenters. The molecular weight excluding hydrogens is 361 g/mol. The highest BCUT2D eigenvalue weighted by Gasteiger charge is 2.16. The van der Waals surface area contributed by atoms with Crippen LogP contribution in [0.25, 0.3) is 11.0 Å². The van der Waals surface area contributed by atoms with Crippen LogP contribution in [0.5, 0.6) is 0 Å². The van der Waals surface area contributed by atoms with Crippen LogP contribution in [-0.2, 0) is 0 Å². The predicted octanol–water partition coefficient (Wildman–Crippen LogP) is 4.65. The number of halogens is 1. The summed E-state index contributed by atoms with van der Waals surface area (Å²) in [4.78, 5) is 0. The van der Waals surface area contributed by atoms with E-state index in [0.717, 1.165) is 16.7 Å². The molecule has 3 rings (SSSR count). The van der Waals surface area contributed by atoms with Gasteiger partial charge >= 0.3 is 0 Å². The summed E-state index contributed by atoms with van der Waals surface area (Å²) in [6.45, 7) is 2.10. The Kier molecular flexibility index (Phi) is 3.81. The van der Waals surface area contributed by atoms with Crippen LogP contribution in [0.1, 0.15) is 22.9 Å². The van der Waals surface area contributed by atoms with Gasteiger partial charge in [-0.25, -0.2) is 0 Å². The van der Waals surface area contributed by atoms with E-state index in [0.29, 0.717) is 0 Å². The number of rotatable bonds is 3. The first-order valence-electron chi connectivity index (χ1n) is 6.60. The van der Waals surface area contributed by atoms with Gasteiger partial charge in [-0.3, -0.25) is 0 Å². The molecular formula is C17H16INO. The van der Waals surface area contributed by atoms with Crippen molar-refractivity contribution in [1.82, 2.24) is 5.32 Å². The maximum absolute atomic E-state index is 6.00. The zero-order chi connectivity index (χ0) is 14.1. The molecule has 3 heteroatoms. The Labute approximate surface area is 132 Å². The average Bonchev–Trinajstić information content (AvgIpc) is 2.84. The monoisotopic (exact) mass is 377 g/mol. The summed E-state index contributed by atoms with van der Waals surface area (Å²) in [6, 6.07) is 17.0. The Morgan fingerprint density at radius 3 is 2.50 bits per heavy atom. The lowest BCUT2D eigenvalue weighted by Gasteiger charge is -2.13. The molecule has 1 heterocycles. The minimum absolute atomic E-state index is 0.0831. The molecule has 3 aromatic rings. The second-order valence-electron chi connectivity index (χ2n) is 4.96.